The summed E-state index contributed by atoms with van der Waals surface area (Å²) in [5.74, 6) is 0. The van der Waals surface area contributed by atoms with Gasteiger partial charge in [0, 0.05) is 18.3 Å². The average Bonchev–Trinajstić information content (AvgIpc) is 2.33. The minimum Gasteiger partial charge on any atom is -0.399 e. The van der Waals surface area contributed by atoms with Crippen LogP contribution in [-0.4, -0.2) is 17.5 Å². The average molecular weight is 248 g/mol. The molecule has 1 aromatic carbocycles. The molecular weight excluding hydrogens is 220 g/mol. The number of hydrogen-bond donors (Lipinski definition) is 1. The number of anilines is 1. The topological polar surface area (TPSA) is 29.3 Å². The number of nitrogens with zero attached hydrogens (tertiary/aromatic N) is 1. The highest BCUT2D eigenvalue weighted by Gasteiger charge is 2.11. The molecule has 2 nitrogen and oxygen atoms in total. The van der Waals surface area contributed by atoms with Crippen molar-refractivity contribution in [1.82, 2.24) is 4.90 Å². The van der Waals surface area contributed by atoms with Crippen molar-refractivity contribution < 1.29 is 0 Å². The van der Waals surface area contributed by atoms with Gasteiger partial charge in [-0.25, -0.2) is 0 Å². The smallest absolute Gasteiger partial charge is 0.0346 e. The SMILES string of the molecule is CCCCCN(Cc1cccc(N)c1C)C(C)C. The molecule has 0 aliphatic carbocycles. The van der Waals surface area contributed by atoms with Crippen molar-refractivity contribution >= 4 is 5.69 Å². The van der Waals surface area contributed by atoms with E-state index in [1.54, 1.807) is 0 Å². The standard InChI is InChI=1S/C16H28N2/c1-5-6-7-11-18(13(2)3)12-15-9-8-10-16(17)14(15)4/h8-10,13H,5-7,11-12,17H2,1-4H3. The Hall–Kier alpha value is -1.02. The van der Waals surface area contributed by atoms with E-state index in [4.69, 9.17) is 5.73 Å². The molecule has 0 fully saturated rings. The maximum absolute atomic E-state index is 5.98. The molecule has 18 heavy (non-hydrogen) atoms. The first-order valence-corrected chi connectivity index (χ1v) is 7.14. The minimum atomic E-state index is 0.586. The first kappa shape index (κ1) is 15.0. The summed E-state index contributed by atoms with van der Waals surface area (Å²) in [4.78, 5) is 2.54. The van der Waals surface area contributed by atoms with E-state index in [0.29, 0.717) is 6.04 Å². The van der Waals surface area contributed by atoms with E-state index >= 15 is 0 Å². The summed E-state index contributed by atoms with van der Waals surface area (Å²) in [6.45, 7) is 11.1. The number of nitrogens with two attached hydrogens (primary N) is 1. The Bertz CT molecular complexity index is 358. The Morgan fingerprint density at radius 3 is 2.56 bits per heavy atom. The third-order valence-electron chi connectivity index (χ3n) is 3.64. The van der Waals surface area contributed by atoms with E-state index in [9.17, 15) is 0 Å². The molecule has 0 saturated heterocycles. The van der Waals surface area contributed by atoms with Crippen LogP contribution in [0, 0.1) is 6.92 Å². The number of unbranched alkanes of at least 4 members (excludes halogenated alkanes) is 2. The molecule has 1 aromatic rings. The van der Waals surface area contributed by atoms with Gasteiger partial charge in [0.25, 0.3) is 0 Å². The van der Waals surface area contributed by atoms with Gasteiger partial charge in [-0.05, 0) is 50.9 Å². The summed E-state index contributed by atoms with van der Waals surface area (Å²) in [6.07, 6.45) is 3.89. The van der Waals surface area contributed by atoms with Gasteiger partial charge in [0.1, 0.15) is 0 Å². The second kappa shape index (κ2) is 7.42. The number of hydrogen-bond acceptors (Lipinski definition) is 2. The Morgan fingerprint density at radius 2 is 1.94 bits per heavy atom. The fourth-order valence-electron chi connectivity index (χ4n) is 2.18. The molecule has 0 aromatic heterocycles. The van der Waals surface area contributed by atoms with E-state index in [1.807, 2.05) is 6.07 Å². The van der Waals surface area contributed by atoms with Gasteiger partial charge in [-0.1, -0.05) is 31.9 Å². The van der Waals surface area contributed by atoms with E-state index in [0.717, 1.165) is 12.2 Å². The molecule has 0 aliphatic rings. The van der Waals surface area contributed by atoms with Crippen molar-refractivity contribution in [3.05, 3.63) is 29.3 Å². The van der Waals surface area contributed by atoms with Crippen molar-refractivity contribution in [2.45, 2.75) is 59.5 Å². The van der Waals surface area contributed by atoms with Crippen LogP contribution in [0.3, 0.4) is 0 Å². The summed E-state index contributed by atoms with van der Waals surface area (Å²) >= 11 is 0. The first-order valence-electron chi connectivity index (χ1n) is 7.14. The molecule has 0 saturated carbocycles. The van der Waals surface area contributed by atoms with Crippen molar-refractivity contribution in [3.8, 4) is 0 Å². The van der Waals surface area contributed by atoms with Crippen LogP contribution < -0.4 is 5.73 Å². The second-order valence-corrected chi connectivity index (χ2v) is 5.40. The predicted octanol–water partition coefficient (Wildman–Crippen LogP) is 3.98. The largest absolute Gasteiger partial charge is 0.399 e. The van der Waals surface area contributed by atoms with Crippen molar-refractivity contribution in [2.75, 3.05) is 12.3 Å². The fraction of sp³-hybridized carbons (Fsp3) is 0.625. The molecule has 0 atom stereocenters. The van der Waals surface area contributed by atoms with E-state index in [1.165, 1.54) is 36.9 Å². The van der Waals surface area contributed by atoms with E-state index in [-0.39, 0.29) is 0 Å². The van der Waals surface area contributed by atoms with Crippen LogP contribution in [0.4, 0.5) is 5.69 Å². The van der Waals surface area contributed by atoms with Gasteiger partial charge in [-0.2, -0.15) is 0 Å². The number of benzene rings is 1. The molecule has 0 spiro atoms. The molecule has 102 valence electrons. The van der Waals surface area contributed by atoms with Crippen molar-refractivity contribution in [1.29, 1.82) is 0 Å². The summed E-state index contributed by atoms with van der Waals surface area (Å²) in [6, 6.07) is 6.82. The summed E-state index contributed by atoms with van der Waals surface area (Å²) < 4.78 is 0. The fourth-order valence-corrected chi connectivity index (χ4v) is 2.18. The van der Waals surface area contributed by atoms with Crippen molar-refractivity contribution in [3.63, 3.8) is 0 Å². The molecule has 2 heteroatoms. The van der Waals surface area contributed by atoms with Gasteiger partial charge in [0.2, 0.25) is 0 Å². The van der Waals surface area contributed by atoms with Gasteiger partial charge < -0.3 is 5.73 Å². The zero-order chi connectivity index (χ0) is 13.5. The molecule has 2 N–H and O–H groups in total. The Kier molecular flexibility index (Phi) is 6.20. The predicted molar refractivity (Wildman–Crippen MR) is 80.7 cm³/mol. The lowest BCUT2D eigenvalue weighted by molar-refractivity contribution is 0.208. The lowest BCUT2D eigenvalue weighted by Gasteiger charge is -2.27. The first-order chi connectivity index (χ1) is 8.56. The maximum atomic E-state index is 5.98. The molecule has 0 heterocycles. The van der Waals surface area contributed by atoms with Crippen LogP contribution in [0.2, 0.25) is 0 Å². The lowest BCUT2D eigenvalue weighted by Crippen LogP contribution is -2.31. The Morgan fingerprint density at radius 1 is 1.22 bits per heavy atom. The van der Waals surface area contributed by atoms with Crippen LogP contribution in [0.15, 0.2) is 18.2 Å². The third kappa shape index (κ3) is 4.34. The van der Waals surface area contributed by atoms with Gasteiger partial charge in [-0.3, -0.25) is 4.90 Å². The van der Waals surface area contributed by atoms with E-state index < -0.39 is 0 Å². The highest BCUT2D eigenvalue weighted by atomic mass is 15.1. The van der Waals surface area contributed by atoms with Crippen LogP contribution in [0.25, 0.3) is 0 Å². The van der Waals surface area contributed by atoms with Crippen molar-refractivity contribution in [2.24, 2.45) is 0 Å². The minimum absolute atomic E-state index is 0.586. The molecule has 0 amide bonds. The van der Waals surface area contributed by atoms with Gasteiger partial charge in [0.15, 0.2) is 0 Å². The molecule has 0 bridgehead atoms. The monoisotopic (exact) mass is 248 g/mol. The molecule has 0 radical (unpaired) electrons. The van der Waals surface area contributed by atoms with Crippen LogP contribution in [0.1, 0.15) is 51.2 Å². The third-order valence-corrected chi connectivity index (χ3v) is 3.64. The summed E-state index contributed by atoms with van der Waals surface area (Å²) in [7, 11) is 0. The quantitative estimate of drug-likeness (QED) is 0.584. The molecule has 1 rings (SSSR count). The van der Waals surface area contributed by atoms with Gasteiger partial charge in [-0.15, -0.1) is 0 Å². The molecule has 0 aliphatic heterocycles. The normalized spacial score (nSPS) is 11.4. The van der Waals surface area contributed by atoms with Gasteiger partial charge in [0.05, 0.1) is 0 Å². The lowest BCUT2D eigenvalue weighted by atomic mass is 10.1. The number of nitrogen functional groups attached to an aromatic ring is 1. The zero-order valence-electron chi connectivity index (χ0n) is 12.4. The van der Waals surface area contributed by atoms with Crippen LogP contribution in [-0.2, 0) is 6.54 Å². The molecule has 0 unspecified atom stereocenters. The molecular formula is C16H28N2. The second-order valence-electron chi connectivity index (χ2n) is 5.40. The van der Waals surface area contributed by atoms with Crippen LogP contribution in [0.5, 0.6) is 0 Å². The Labute approximate surface area is 112 Å². The van der Waals surface area contributed by atoms with E-state index in [2.05, 4.69) is 44.7 Å². The van der Waals surface area contributed by atoms with Gasteiger partial charge >= 0.3 is 0 Å². The van der Waals surface area contributed by atoms with Crippen LogP contribution >= 0.6 is 0 Å². The highest BCUT2D eigenvalue weighted by Crippen LogP contribution is 2.18. The Balaban J connectivity index is 2.68. The maximum Gasteiger partial charge on any atom is 0.0346 e. The zero-order valence-corrected chi connectivity index (χ0v) is 12.4. The summed E-state index contributed by atoms with van der Waals surface area (Å²) in [5.41, 5.74) is 9.48. The highest BCUT2D eigenvalue weighted by molar-refractivity contribution is 5.49. The number of rotatable bonds is 7. The summed E-state index contributed by atoms with van der Waals surface area (Å²) in [5, 5.41) is 0.